The van der Waals surface area contributed by atoms with Gasteiger partial charge >= 0.3 is 0 Å². The van der Waals surface area contributed by atoms with Crippen molar-refractivity contribution in [1.82, 2.24) is 9.97 Å². The van der Waals surface area contributed by atoms with Crippen molar-refractivity contribution in [1.29, 1.82) is 0 Å². The standard InChI is InChI=1S/C14H8F2N2/c15-9-5-6-12(16)11(7-9)14-10-3-1-2-4-13(10)17-8-18-14/h1-8H. The van der Waals surface area contributed by atoms with Crippen LogP contribution in [0.2, 0.25) is 0 Å². The van der Waals surface area contributed by atoms with E-state index in [1.165, 1.54) is 6.33 Å². The van der Waals surface area contributed by atoms with Crippen molar-refractivity contribution in [2.45, 2.75) is 0 Å². The largest absolute Gasteiger partial charge is 0.236 e. The van der Waals surface area contributed by atoms with E-state index in [9.17, 15) is 8.78 Å². The smallest absolute Gasteiger partial charge is 0.132 e. The molecule has 0 amide bonds. The van der Waals surface area contributed by atoms with E-state index in [1.54, 1.807) is 12.1 Å². The van der Waals surface area contributed by atoms with Crippen molar-refractivity contribution in [3.05, 3.63) is 60.4 Å². The Balaban J connectivity index is 2.35. The van der Waals surface area contributed by atoms with Gasteiger partial charge in [0.15, 0.2) is 0 Å². The summed E-state index contributed by atoms with van der Waals surface area (Å²) in [6.45, 7) is 0. The molecule has 4 heteroatoms. The van der Waals surface area contributed by atoms with Gasteiger partial charge < -0.3 is 0 Å². The zero-order chi connectivity index (χ0) is 12.5. The maximum atomic E-state index is 13.8. The minimum absolute atomic E-state index is 0.147. The van der Waals surface area contributed by atoms with Gasteiger partial charge in [-0.1, -0.05) is 18.2 Å². The Morgan fingerprint density at radius 3 is 2.61 bits per heavy atom. The lowest BCUT2D eigenvalue weighted by atomic mass is 10.1. The van der Waals surface area contributed by atoms with E-state index in [1.807, 2.05) is 12.1 Å². The van der Waals surface area contributed by atoms with Crippen LogP contribution >= 0.6 is 0 Å². The van der Waals surface area contributed by atoms with E-state index in [0.717, 1.165) is 18.2 Å². The highest BCUT2D eigenvalue weighted by Crippen LogP contribution is 2.27. The zero-order valence-corrected chi connectivity index (χ0v) is 9.27. The SMILES string of the molecule is Fc1ccc(F)c(-c2ncnc3ccccc23)c1. The Morgan fingerprint density at radius 1 is 0.889 bits per heavy atom. The summed E-state index contributed by atoms with van der Waals surface area (Å²) in [5.41, 5.74) is 1.25. The number of para-hydroxylation sites is 1. The second kappa shape index (κ2) is 4.14. The Labute approximate surface area is 102 Å². The van der Waals surface area contributed by atoms with Crippen molar-refractivity contribution in [2.75, 3.05) is 0 Å². The first-order valence-corrected chi connectivity index (χ1v) is 5.41. The van der Waals surface area contributed by atoms with Crippen molar-refractivity contribution in [3.8, 4) is 11.3 Å². The van der Waals surface area contributed by atoms with Gasteiger partial charge in [-0.05, 0) is 24.3 Å². The molecular weight excluding hydrogens is 234 g/mol. The van der Waals surface area contributed by atoms with E-state index in [4.69, 9.17) is 0 Å². The molecule has 1 aromatic heterocycles. The molecule has 3 rings (SSSR count). The minimum Gasteiger partial charge on any atom is -0.236 e. The van der Waals surface area contributed by atoms with Gasteiger partial charge in [-0.15, -0.1) is 0 Å². The van der Waals surface area contributed by atoms with Crippen molar-refractivity contribution in [2.24, 2.45) is 0 Å². The second-order valence-corrected chi connectivity index (χ2v) is 3.86. The molecule has 0 spiro atoms. The quantitative estimate of drug-likeness (QED) is 0.651. The van der Waals surface area contributed by atoms with E-state index in [0.29, 0.717) is 16.6 Å². The molecular formula is C14H8F2N2. The molecule has 1 heterocycles. The third-order valence-corrected chi connectivity index (χ3v) is 2.73. The van der Waals surface area contributed by atoms with Gasteiger partial charge in [0.05, 0.1) is 11.2 Å². The molecule has 0 radical (unpaired) electrons. The summed E-state index contributed by atoms with van der Waals surface area (Å²) in [5, 5.41) is 0.699. The molecule has 0 saturated heterocycles. The third-order valence-electron chi connectivity index (χ3n) is 2.73. The number of halogens is 2. The molecule has 0 bridgehead atoms. The van der Waals surface area contributed by atoms with Crippen LogP contribution in [0.15, 0.2) is 48.8 Å². The molecule has 0 unspecified atom stereocenters. The first-order valence-electron chi connectivity index (χ1n) is 5.41. The highest BCUT2D eigenvalue weighted by atomic mass is 19.1. The number of nitrogens with zero attached hydrogens (tertiary/aromatic N) is 2. The minimum atomic E-state index is -0.500. The lowest BCUT2D eigenvalue weighted by molar-refractivity contribution is 0.603. The number of benzene rings is 2. The summed E-state index contributed by atoms with van der Waals surface area (Å²) in [6.07, 6.45) is 1.35. The molecule has 0 fully saturated rings. The molecule has 0 aliphatic carbocycles. The van der Waals surface area contributed by atoms with Crippen LogP contribution < -0.4 is 0 Å². The number of fused-ring (bicyclic) bond motifs is 1. The molecule has 2 aromatic carbocycles. The summed E-state index contributed by atoms with van der Waals surface area (Å²) in [6, 6.07) is 10.6. The number of hydrogen-bond donors (Lipinski definition) is 0. The van der Waals surface area contributed by atoms with Crippen LogP contribution in [0, 0.1) is 11.6 Å². The van der Waals surface area contributed by atoms with Crippen molar-refractivity contribution < 1.29 is 8.78 Å². The van der Waals surface area contributed by atoms with Crippen LogP contribution in [0.5, 0.6) is 0 Å². The maximum Gasteiger partial charge on any atom is 0.132 e. The Morgan fingerprint density at radius 2 is 1.72 bits per heavy atom. The van der Waals surface area contributed by atoms with Gasteiger partial charge in [0.25, 0.3) is 0 Å². The van der Waals surface area contributed by atoms with E-state index in [2.05, 4.69) is 9.97 Å². The fraction of sp³-hybridized carbons (Fsp3) is 0. The fourth-order valence-corrected chi connectivity index (χ4v) is 1.90. The van der Waals surface area contributed by atoms with Crippen LogP contribution in [0.3, 0.4) is 0 Å². The van der Waals surface area contributed by atoms with Crippen LogP contribution in [0.25, 0.3) is 22.2 Å². The monoisotopic (exact) mass is 242 g/mol. The second-order valence-electron chi connectivity index (χ2n) is 3.86. The summed E-state index contributed by atoms with van der Waals surface area (Å²) >= 11 is 0. The van der Waals surface area contributed by atoms with Crippen molar-refractivity contribution in [3.63, 3.8) is 0 Å². The Bertz CT molecular complexity index is 721. The van der Waals surface area contributed by atoms with Gasteiger partial charge in [0, 0.05) is 10.9 Å². The van der Waals surface area contributed by atoms with Crippen molar-refractivity contribution >= 4 is 10.9 Å². The van der Waals surface area contributed by atoms with E-state index >= 15 is 0 Å². The number of hydrogen-bond acceptors (Lipinski definition) is 2. The van der Waals surface area contributed by atoms with E-state index < -0.39 is 11.6 Å². The first-order chi connectivity index (χ1) is 8.75. The molecule has 0 aliphatic heterocycles. The van der Waals surface area contributed by atoms with Crippen LogP contribution in [0.1, 0.15) is 0 Å². The summed E-state index contributed by atoms with van der Waals surface area (Å²) in [5.74, 6) is -0.991. The molecule has 18 heavy (non-hydrogen) atoms. The van der Waals surface area contributed by atoms with E-state index in [-0.39, 0.29) is 5.56 Å². The highest BCUT2D eigenvalue weighted by Gasteiger charge is 2.11. The zero-order valence-electron chi connectivity index (χ0n) is 9.27. The Kier molecular flexibility index (Phi) is 2.48. The van der Waals surface area contributed by atoms with Gasteiger partial charge in [-0.25, -0.2) is 18.7 Å². The molecule has 0 aliphatic rings. The van der Waals surface area contributed by atoms with Gasteiger partial charge in [-0.2, -0.15) is 0 Å². The average Bonchev–Trinajstić information content (AvgIpc) is 2.41. The predicted molar refractivity (Wildman–Crippen MR) is 64.9 cm³/mol. The maximum absolute atomic E-state index is 13.8. The molecule has 88 valence electrons. The Hall–Kier alpha value is -2.36. The molecule has 2 nitrogen and oxygen atoms in total. The predicted octanol–water partition coefficient (Wildman–Crippen LogP) is 3.58. The normalized spacial score (nSPS) is 10.8. The lowest BCUT2D eigenvalue weighted by Crippen LogP contribution is -1.92. The fourth-order valence-electron chi connectivity index (χ4n) is 1.90. The molecule has 0 atom stereocenters. The molecule has 0 N–H and O–H groups in total. The lowest BCUT2D eigenvalue weighted by Gasteiger charge is -2.06. The summed E-state index contributed by atoms with van der Waals surface area (Å²) in [4.78, 5) is 8.15. The molecule has 3 aromatic rings. The summed E-state index contributed by atoms with van der Waals surface area (Å²) in [7, 11) is 0. The first kappa shape index (κ1) is 10.8. The van der Waals surface area contributed by atoms with Gasteiger partial charge in [0.1, 0.15) is 18.0 Å². The van der Waals surface area contributed by atoms with Crippen LogP contribution in [0.4, 0.5) is 8.78 Å². The highest BCUT2D eigenvalue weighted by molar-refractivity contribution is 5.91. The number of aromatic nitrogens is 2. The van der Waals surface area contributed by atoms with Gasteiger partial charge in [0.2, 0.25) is 0 Å². The van der Waals surface area contributed by atoms with Crippen LogP contribution in [-0.2, 0) is 0 Å². The van der Waals surface area contributed by atoms with Gasteiger partial charge in [-0.3, -0.25) is 0 Å². The topological polar surface area (TPSA) is 25.8 Å². The van der Waals surface area contributed by atoms with Crippen LogP contribution in [-0.4, -0.2) is 9.97 Å². The summed E-state index contributed by atoms with van der Waals surface area (Å²) < 4.78 is 27.0. The number of rotatable bonds is 1. The average molecular weight is 242 g/mol. The molecule has 0 saturated carbocycles. The third kappa shape index (κ3) is 1.72.